The lowest BCUT2D eigenvalue weighted by Crippen LogP contribution is -2.10. The van der Waals surface area contributed by atoms with E-state index in [1.165, 1.54) is 0 Å². The molecule has 0 bridgehead atoms. The van der Waals surface area contributed by atoms with Crippen molar-refractivity contribution in [2.45, 2.75) is 0 Å². The number of carboxylic acid groups (broad SMARTS) is 1. The number of aliphatic carboxylic acids is 1. The van der Waals surface area contributed by atoms with E-state index in [0.717, 1.165) is 4.47 Å². The second kappa shape index (κ2) is 7.43. The monoisotopic (exact) mass is 442 g/mol. The SMILES string of the molecule is O=C(O)COc1ccc(Br)cc1-c1nc(-c2ccc(Cl)cc2Cl)no1. The quantitative estimate of drug-likeness (QED) is 0.601. The van der Waals surface area contributed by atoms with E-state index in [-0.39, 0.29) is 11.7 Å². The van der Waals surface area contributed by atoms with Crippen LogP contribution in [0.1, 0.15) is 0 Å². The van der Waals surface area contributed by atoms with Crippen molar-refractivity contribution in [3.8, 4) is 28.6 Å². The number of carboxylic acids is 1. The van der Waals surface area contributed by atoms with E-state index in [1.54, 1.807) is 36.4 Å². The van der Waals surface area contributed by atoms with Crippen LogP contribution in [-0.4, -0.2) is 27.8 Å². The Hall–Kier alpha value is -2.09. The van der Waals surface area contributed by atoms with E-state index in [2.05, 4.69) is 26.1 Å². The Morgan fingerprint density at radius 1 is 1.20 bits per heavy atom. The van der Waals surface area contributed by atoms with Gasteiger partial charge in [0.15, 0.2) is 6.61 Å². The first-order valence-electron chi connectivity index (χ1n) is 6.87. The van der Waals surface area contributed by atoms with Gasteiger partial charge < -0.3 is 14.4 Å². The summed E-state index contributed by atoms with van der Waals surface area (Å²) in [5, 5.41) is 13.6. The molecule has 25 heavy (non-hydrogen) atoms. The molecule has 128 valence electrons. The van der Waals surface area contributed by atoms with Crippen LogP contribution < -0.4 is 4.74 Å². The van der Waals surface area contributed by atoms with E-state index < -0.39 is 12.6 Å². The van der Waals surface area contributed by atoms with Crippen molar-refractivity contribution in [1.29, 1.82) is 0 Å². The van der Waals surface area contributed by atoms with Gasteiger partial charge in [-0.25, -0.2) is 4.79 Å². The van der Waals surface area contributed by atoms with Crippen molar-refractivity contribution in [3.63, 3.8) is 0 Å². The van der Waals surface area contributed by atoms with Gasteiger partial charge in [0.2, 0.25) is 5.82 Å². The molecule has 6 nitrogen and oxygen atoms in total. The first-order chi connectivity index (χ1) is 11.9. The van der Waals surface area contributed by atoms with Crippen molar-refractivity contribution in [2.75, 3.05) is 6.61 Å². The average Bonchev–Trinajstić information content (AvgIpc) is 3.03. The van der Waals surface area contributed by atoms with E-state index in [0.29, 0.717) is 26.9 Å². The zero-order chi connectivity index (χ0) is 18.0. The number of benzene rings is 2. The third kappa shape index (κ3) is 4.12. The van der Waals surface area contributed by atoms with Gasteiger partial charge in [-0.2, -0.15) is 4.98 Å². The predicted octanol–water partition coefficient (Wildman–Crippen LogP) is 4.94. The molecule has 0 aliphatic heterocycles. The number of hydrogen-bond donors (Lipinski definition) is 1. The van der Waals surface area contributed by atoms with E-state index >= 15 is 0 Å². The fourth-order valence-corrected chi connectivity index (χ4v) is 2.90. The minimum atomic E-state index is -1.09. The van der Waals surface area contributed by atoms with Gasteiger partial charge in [-0.1, -0.05) is 44.3 Å². The van der Waals surface area contributed by atoms with Crippen LogP contribution in [0.3, 0.4) is 0 Å². The number of aromatic nitrogens is 2. The fourth-order valence-electron chi connectivity index (χ4n) is 2.05. The Kier molecular flexibility index (Phi) is 5.27. The van der Waals surface area contributed by atoms with E-state index in [9.17, 15) is 4.79 Å². The molecule has 2 aromatic carbocycles. The number of nitrogens with zero attached hydrogens (tertiary/aromatic N) is 2. The summed E-state index contributed by atoms with van der Waals surface area (Å²) in [5.41, 5.74) is 1.02. The lowest BCUT2D eigenvalue weighted by atomic mass is 10.2. The van der Waals surface area contributed by atoms with Gasteiger partial charge in [0.1, 0.15) is 5.75 Å². The van der Waals surface area contributed by atoms with Crippen molar-refractivity contribution in [2.24, 2.45) is 0 Å². The normalized spacial score (nSPS) is 10.7. The van der Waals surface area contributed by atoms with Gasteiger partial charge in [0.25, 0.3) is 5.89 Å². The molecule has 0 unspecified atom stereocenters. The standard InChI is InChI=1S/C16H9BrCl2N2O4/c17-8-1-4-13(24-7-14(22)23)11(5-8)16-20-15(21-25-16)10-3-2-9(18)6-12(10)19/h1-6H,7H2,(H,22,23). The van der Waals surface area contributed by atoms with Crippen molar-refractivity contribution in [3.05, 3.63) is 50.9 Å². The molecule has 1 aromatic heterocycles. The zero-order valence-corrected chi connectivity index (χ0v) is 15.5. The summed E-state index contributed by atoms with van der Waals surface area (Å²) in [7, 11) is 0. The summed E-state index contributed by atoms with van der Waals surface area (Å²) < 4.78 is 11.3. The van der Waals surface area contributed by atoms with Crippen LogP contribution in [-0.2, 0) is 4.79 Å². The summed E-state index contributed by atoms with van der Waals surface area (Å²) >= 11 is 15.4. The number of rotatable bonds is 5. The van der Waals surface area contributed by atoms with Crippen LogP contribution >= 0.6 is 39.1 Å². The number of ether oxygens (including phenoxy) is 1. The maximum Gasteiger partial charge on any atom is 0.341 e. The second-order valence-electron chi connectivity index (χ2n) is 4.87. The second-order valence-corrected chi connectivity index (χ2v) is 6.63. The van der Waals surface area contributed by atoms with Gasteiger partial charge in [-0.05, 0) is 36.4 Å². The van der Waals surface area contributed by atoms with Gasteiger partial charge in [-0.15, -0.1) is 0 Å². The molecule has 3 aromatic rings. The first kappa shape index (κ1) is 17.7. The molecule has 0 amide bonds. The highest BCUT2D eigenvalue weighted by atomic mass is 79.9. The largest absolute Gasteiger partial charge is 0.481 e. The number of halogens is 3. The smallest absolute Gasteiger partial charge is 0.341 e. The molecule has 3 rings (SSSR count). The summed E-state index contributed by atoms with van der Waals surface area (Å²) in [6.07, 6.45) is 0. The van der Waals surface area contributed by atoms with Crippen molar-refractivity contribution in [1.82, 2.24) is 10.1 Å². The molecule has 0 radical (unpaired) electrons. The third-order valence-corrected chi connectivity index (χ3v) is 4.16. The Morgan fingerprint density at radius 2 is 2.00 bits per heavy atom. The van der Waals surface area contributed by atoms with Gasteiger partial charge >= 0.3 is 5.97 Å². The summed E-state index contributed by atoms with van der Waals surface area (Å²) in [4.78, 5) is 15.0. The van der Waals surface area contributed by atoms with Gasteiger partial charge in [0, 0.05) is 15.1 Å². The van der Waals surface area contributed by atoms with Crippen LogP contribution in [0.25, 0.3) is 22.8 Å². The van der Waals surface area contributed by atoms with Crippen molar-refractivity contribution < 1.29 is 19.2 Å². The topological polar surface area (TPSA) is 85.5 Å². The Bertz CT molecular complexity index is 946. The zero-order valence-electron chi connectivity index (χ0n) is 12.4. The Balaban J connectivity index is 1.99. The molecular formula is C16H9BrCl2N2O4. The van der Waals surface area contributed by atoms with Crippen LogP contribution in [0.2, 0.25) is 10.0 Å². The summed E-state index contributed by atoms with van der Waals surface area (Å²) in [6, 6.07) is 9.95. The predicted molar refractivity (Wildman–Crippen MR) is 96.0 cm³/mol. The third-order valence-electron chi connectivity index (χ3n) is 3.12. The number of carbonyl (C=O) groups is 1. The molecule has 9 heteroatoms. The highest BCUT2D eigenvalue weighted by Crippen LogP contribution is 2.34. The lowest BCUT2D eigenvalue weighted by Gasteiger charge is -2.07. The molecule has 1 heterocycles. The van der Waals surface area contributed by atoms with Crippen LogP contribution in [0.5, 0.6) is 5.75 Å². The van der Waals surface area contributed by atoms with Crippen molar-refractivity contribution >= 4 is 45.1 Å². The van der Waals surface area contributed by atoms with E-state index in [4.69, 9.17) is 37.6 Å². The molecule has 0 fully saturated rings. The minimum Gasteiger partial charge on any atom is -0.481 e. The average molecular weight is 444 g/mol. The van der Waals surface area contributed by atoms with Gasteiger partial charge in [0.05, 0.1) is 10.6 Å². The molecule has 0 saturated carbocycles. The van der Waals surface area contributed by atoms with E-state index in [1.807, 2.05) is 0 Å². The Morgan fingerprint density at radius 3 is 2.72 bits per heavy atom. The summed E-state index contributed by atoms with van der Waals surface area (Å²) in [6.45, 7) is -0.487. The maximum absolute atomic E-state index is 10.7. The molecule has 0 aliphatic rings. The first-order valence-corrected chi connectivity index (χ1v) is 8.42. The Labute approximate surface area is 160 Å². The molecule has 1 N–H and O–H groups in total. The molecular weight excluding hydrogens is 435 g/mol. The highest BCUT2D eigenvalue weighted by molar-refractivity contribution is 9.10. The van der Waals surface area contributed by atoms with Crippen LogP contribution in [0.4, 0.5) is 0 Å². The maximum atomic E-state index is 10.7. The fraction of sp³-hybridized carbons (Fsp3) is 0.0625. The molecule has 0 atom stereocenters. The van der Waals surface area contributed by atoms with Gasteiger partial charge in [-0.3, -0.25) is 0 Å². The lowest BCUT2D eigenvalue weighted by molar-refractivity contribution is -0.139. The molecule has 0 saturated heterocycles. The highest BCUT2D eigenvalue weighted by Gasteiger charge is 2.18. The molecule has 0 spiro atoms. The number of hydrogen-bond acceptors (Lipinski definition) is 5. The van der Waals surface area contributed by atoms with Crippen LogP contribution in [0, 0.1) is 0 Å². The summed E-state index contributed by atoms with van der Waals surface area (Å²) in [5.74, 6) is -0.334. The molecule has 0 aliphatic carbocycles. The van der Waals surface area contributed by atoms with Crippen LogP contribution in [0.15, 0.2) is 45.4 Å². The minimum absolute atomic E-state index is 0.169.